The van der Waals surface area contributed by atoms with Crippen LogP contribution in [0.3, 0.4) is 0 Å². The van der Waals surface area contributed by atoms with Crippen LogP contribution in [0.25, 0.3) is 0 Å². The average Bonchev–Trinajstić information content (AvgIpc) is 2.38. The molecule has 0 heterocycles. The summed E-state index contributed by atoms with van der Waals surface area (Å²) in [7, 11) is -10.3. The minimum Gasteiger partial charge on any atom is -0.479 e. The van der Waals surface area contributed by atoms with Crippen molar-refractivity contribution in [2.24, 2.45) is 0 Å². The molecular formula is C8H18O13P2. The highest BCUT2D eigenvalue weighted by atomic mass is 31.2. The van der Waals surface area contributed by atoms with E-state index in [1.165, 1.54) is 0 Å². The van der Waals surface area contributed by atoms with Crippen LogP contribution in [0.5, 0.6) is 0 Å². The van der Waals surface area contributed by atoms with Crippen LogP contribution in [-0.4, -0.2) is 94.3 Å². The Hall–Kier alpha value is -0.430. The van der Waals surface area contributed by atoms with Gasteiger partial charge in [-0.2, -0.15) is 0 Å². The van der Waals surface area contributed by atoms with Gasteiger partial charge in [-0.25, -0.2) is 4.79 Å². The van der Waals surface area contributed by atoms with Crippen molar-refractivity contribution in [2.45, 2.75) is 30.5 Å². The highest BCUT2D eigenvalue weighted by molar-refractivity contribution is 7.70. The first-order valence-corrected chi connectivity index (χ1v) is 9.38. The molecule has 0 bridgehead atoms. The number of aliphatic hydroxyl groups excluding tert-OH is 5. The van der Waals surface area contributed by atoms with E-state index in [1.807, 2.05) is 0 Å². The van der Waals surface area contributed by atoms with Crippen LogP contribution in [0, 0.1) is 0 Å². The van der Waals surface area contributed by atoms with Crippen molar-refractivity contribution < 1.29 is 63.8 Å². The number of aliphatic hydroxyl groups is 5. The first kappa shape index (κ1) is 22.6. The fraction of sp³-hybridized carbons (Fsp3) is 0.875. The maximum atomic E-state index is 11.5. The predicted octanol–water partition coefficient (Wildman–Crippen LogP) is -3.79. The van der Waals surface area contributed by atoms with Crippen LogP contribution in [0.1, 0.15) is 0 Å². The lowest BCUT2D eigenvalue weighted by Crippen LogP contribution is -2.52. The Balaban J connectivity index is 5.22. The molecule has 0 spiro atoms. The summed E-state index contributed by atoms with van der Waals surface area (Å²) < 4.78 is 26.2. The quantitative estimate of drug-likeness (QED) is 0.164. The maximum Gasteiger partial charge on any atom is 0.341 e. The summed E-state index contributed by atoms with van der Waals surface area (Å²) >= 11 is 0. The molecule has 0 aliphatic rings. The van der Waals surface area contributed by atoms with E-state index < -0.39 is 64.2 Å². The predicted molar refractivity (Wildman–Crippen MR) is 70.4 cm³/mol. The van der Waals surface area contributed by atoms with Crippen molar-refractivity contribution in [1.82, 2.24) is 0 Å². The highest BCUT2D eigenvalue weighted by Crippen LogP contribution is 2.56. The number of hydrogen-bond donors (Lipinski definition) is 9. The zero-order valence-electron chi connectivity index (χ0n) is 11.4. The monoisotopic (exact) mass is 384 g/mol. The summed E-state index contributed by atoms with van der Waals surface area (Å²) in [6.45, 7) is -1.06. The molecule has 15 heteroatoms. The topological polar surface area (TPSA) is 243 Å². The second kappa shape index (κ2) is 8.60. The summed E-state index contributed by atoms with van der Waals surface area (Å²) in [5.41, 5.74) is 0. The third kappa shape index (κ3) is 7.79. The van der Waals surface area contributed by atoms with Crippen molar-refractivity contribution in [1.29, 1.82) is 0 Å². The van der Waals surface area contributed by atoms with E-state index in [0.29, 0.717) is 0 Å². The third-order valence-electron chi connectivity index (χ3n) is 2.48. The van der Waals surface area contributed by atoms with E-state index in [4.69, 9.17) is 25.1 Å². The first-order valence-electron chi connectivity index (χ1n) is 5.82. The average molecular weight is 384 g/mol. The third-order valence-corrected chi connectivity index (χ3v) is 5.94. The molecule has 0 saturated carbocycles. The van der Waals surface area contributed by atoms with Crippen molar-refractivity contribution in [2.75, 3.05) is 12.5 Å². The van der Waals surface area contributed by atoms with Crippen LogP contribution in [0.15, 0.2) is 0 Å². The molecule has 0 radical (unpaired) electrons. The van der Waals surface area contributed by atoms with Crippen molar-refractivity contribution in [3.63, 3.8) is 0 Å². The fourth-order valence-corrected chi connectivity index (χ4v) is 4.11. The lowest BCUT2D eigenvalue weighted by Gasteiger charge is -2.29. The van der Waals surface area contributed by atoms with Crippen molar-refractivity contribution in [3.8, 4) is 0 Å². The molecule has 9 N–H and O–H groups in total. The Morgan fingerprint density at radius 3 is 1.78 bits per heavy atom. The van der Waals surface area contributed by atoms with Crippen molar-refractivity contribution in [3.05, 3.63) is 0 Å². The second-order valence-corrected chi connectivity index (χ2v) is 8.48. The molecule has 13 nitrogen and oxygen atoms in total. The maximum absolute atomic E-state index is 11.5. The molecule has 6 atom stereocenters. The van der Waals surface area contributed by atoms with E-state index in [2.05, 4.69) is 4.52 Å². The summed E-state index contributed by atoms with van der Waals surface area (Å²) in [4.78, 5) is 37.3. The van der Waals surface area contributed by atoms with Gasteiger partial charge in [0.1, 0.15) is 24.4 Å². The van der Waals surface area contributed by atoms with Crippen molar-refractivity contribution >= 4 is 21.2 Å². The van der Waals surface area contributed by atoms with Gasteiger partial charge in [0, 0.05) is 0 Å². The standard InChI is InChI=1S/C8H18O13P2/c9-1-3(10)4(11)5(12)6(13)7(8(14)15)21-23(19,20)2-22(16,17)18/h3-7,9-13H,1-2H2,(H,14,15)(H,19,20)(H2,16,17,18)/t3-,4+,5-,6-,7-/m1/s1. The van der Waals surface area contributed by atoms with E-state index in [1.54, 1.807) is 0 Å². The number of carboxylic acid groups (broad SMARTS) is 1. The van der Waals surface area contributed by atoms with Gasteiger partial charge >= 0.3 is 21.2 Å². The van der Waals surface area contributed by atoms with Gasteiger partial charge in [-0.15, -0.1) is 0 Å². The van der Waals surface area contributed by atoms with Gasteiger partial charge < -0.3 is 45.3 Å². The molecular weight excluding hydrogens is 366 g/mol. The van der Waals surface area contributed by atoms with Crippen LogP contribution < -0.4 is 0 Å². The number of carboxylic acids is 1. The lowest BCUT2D eigenvalue weighted by atomic mass is 9.99. The Labute approximate surface area is 129 Å². The Morgan fingerprint density at radius 2 is 1.43 bits per heavy atom. The van der Waals surface area contributed by atoms with Gasteiger partial charge in [-0.05, 0) is 0 Å². The van der Waals surface area contributed by atoms with Gasteiger partial charge in [0.05, 0.1) is 6.61 Å². The molecule has 0 aromatic rings. The smallest absolute Gasteiger partial charge is 0.341 e. The molecule has 0 aliphatic carbocycles. The molecule has 0 saturated heterocycles. The SMILES string of the molecule is O=C(O)[C@H](OP(=O)(O)CP(=O)(O)O)[C@H](O)[C@H](O)[C@@H](O)[C@H](O)CO. The lowest BCUT2D eigenvalue weighted by molar-refractivity contribution is -0.166. The minimum atomic E-state index is -5.19. The largest absolute Gasteiger partial charge is 0.479 e. The molecule has 0 aromatic heterocycles. The van der Waals surface area contributed by atoms with Gasteiger partial charge in [0.25, 0.3) is 0 Å². The van der Waals surface area contributed by atoms with Gasteiger partial charge in [-0.1, -0.05) is 0 Å². The van der Waals surface area contributed by atoms with E-state index in [9.17, 15) is 34.1 Å². The van der Waals surface area contributed by atoms with Gasteiger partial charge in [0.15, 0.2) is 12.0 Å². The molecule has 138 valence electrons. The van der Waals surface area contributed by atoms with Crippen LogP contribution in [-0.2, 0) is 18.4 Å². The van der Waals surface area contributed by atoms with E-state index in [0.717, 1.165) is 0 Å². The molecule has 0 amide bonds. The first-order chi connectivity index (χ1) is 10.2. The number of rotatable bonds is 10. The Morgan fingerprint density at radius 1 is 0.957 bits per heavy atom. The Kier molecular flexibility index (Phi) is 8.44. The van der Waals surface area contributed by atoms with Crippen LogP contribution in [0.4, 0.5) is 0 Å². The minimum absolute atomic E-state index is 1.06. The number of hydrogen-bond acceptors (Lipinski definition) is 9. The van der Waals surface area contributed by atoms with Gasteiger partial charge in [-0.3, -0.25) is 13.7 Å². The molecule has 0 fully saturated rings. The molecule has 0 rings (SSSR count). The fourth-order valence-electron chi connectivity index (χ4n) is 1.41. The summed E-state index contributed by atoms with van der Waals surface area (Å²) in [6.07, 6.45) is -11.9. The number of aliphatic carboxylic acids is 1. The van der Waals surface area contributed by atoms with E-state index in [-0.39, 0.29) is 0 Å². The summed E-state index contributed by atoms with van der Waals surface area (Å²) in [5.74, 6) is -3.84. The summed E-state index contributed by atoms with van der Waals surface area (Å²) in [5, 5.41) is 54.9. The molecule has 0 aliphatic heterocycles. The normalized spacial score (nSPS) is 21.7. The molecule has 1 unspecified atom stereocenters. The zero-order chi connectivity index (χ0) is 18.6. The zero-order valence-corrected chi connectivity index (χ0v) is 13.1. The highest BCUT2D eigenvalue weighted by Gasteiger charge is 2.43. The molecule has 0 aromatic carbocycles. The second-order valence-electron chi connectivity index (χ2n) is 4.53. The van der Waals surface area contributed by atoms with Gasteiger partial charge in [0.2, 0.25) is 0 Å². The van der Waals surface area contributed by atoms with Crippen LogP contribution in [0.2, 0.25) is 0 Å². The molecule has 23 heavy (non-hydrogen) atoms. The Bertz CT molecular complexity index is 488. The summed E-state index contributed by atoms with van der Waals surface area (Å²) in [6, 6.07) is 0. The van der Waals surface area contributed by atoms with E-state index >= 15 is 0 Å². The van der Waals surface area contributed by atoms with Crippen LogP contribution >= 0.6 is 15.2 Å². The number of carbonyl (C=O) groups is 1.